The normalized spacial score (nSPS) is 17.9. The van der Waals surface area contributed by atoms with E-state index < -0.39 is 0 Å². The van der Waals surface area contributed by atoms with Gasteiger partial charge in [0, 0.05) is 17.6 Å². The van der Waals surface area contributed by atoms with Crippen LogP contribution in [0.1, 0.15) is 31.4 Å². The van der Waals surface area contributed by atoms with E-state index in [0.717, 1.165) is 31.5 Å². The van der Waals surface area contributed by atoms with Gasteiger partial charge in [0.25, 0.3) is 0 Å². The number of hydrogen-bond donors (Lipinski definition) is 2. The zero-order chi connectivity index (χ0) is 13.5. The molecule has 1 amide bonds. The summed E-state index contributed by atoms with van der Waals surface area (Å²) >= 11 is 1.77. The molecule has 1 fully saturated rings. The molecular weight excluding hydrogens is 258 g/mol. The molecule has 1 aliphatic rings. The average Bonchev–Trinajstić information content (AvgIpc) is 2.47. The number of carbonyl (C=O) groups is 1. The van der Waals surface area contributed by atoms with Gasteiger partial charge in [-0.3, -0.25) is 9.78 Å². The number of thioether (sulfide) groups is 1. The number of nitrogens with zero attached hydrogens (tertiary/aromatic N) is 1. The molecule has 19 heavy (non-hydrogen) atoms. The summed E-state index contributed by atoms with van der Waals surface area (Å²) in [4.78, 5) is 16.0. The first-order valence-electron chi connectivity index (χ1n) is 6.77. The van der Waals surface area contributed by atoms with Gasteiger partial charge in [-0.1, -0.05) is 6.07 Å². The summed E-state index contributed by atoms with van der Waals surface area (Å²) in [6, 6.07) is 3.90. The third-order valence-corrected chi connectivity index (χ3v) is 4.67. The van der Waals surface area contributed by atoms with E-state index in [9.17, 15) is 4.79 Å². The fourth-order valence-electron chi connectivity index (χ4n) is 2.15. The van der Waals surface area contributed by atoms with Crippen LogP contribution >= 0.6 is 11.8 Å². The van der Waals surface area contributed by atoms with E-state index in [0.29, 0.717) is 11.0 Å². The molecule has 0 bridgehead atoms. The van der Waals surface area contributed by atoms with Crippen molar-refractivity contribution in [1.29, 1.82) is 0 Å². The van der Waals surface area contributed by atoms with Crippen LogP contribution < -0.4 is 10.6 Å². The van der Waals surface area contributed by atoms with E-state index in [1.54, 1.807) is 24.2 Å². The quantitative estimate of drug-likeness (QED) is 0.862. The van der Waals surface area contributed by atoms with E-state index in [2.05, 4.69) is 15.6 Å². The highest BCUT2D eigenvalue weighted by Gasteiger charge is 2.16. The lowest BCUT2D eigenvalue weighted by atomic mass is 10.1. The van der Waals surface area contributed by atoms with Crippen molar-refractivity contribution in [2.45, 2.75) is 31.1 Å². The maximum atomic E-state index is 11.9. The minimum atomic E-state index is 0.0230. The highest BCUT2D eigenvalue weighted by atomic mass is 32.2. The second kappa shape index (κ2) is 7.50. The number of rotatable bonds is 5. The van der Waals surface area contributed by atoms with E-state index >= 15 is 0 Å². The summed E-state index contributed by atoms with van der Waals surface area (Å²) in [7, 11) is 0. The molecule has 4 nitrogen and oxygen atoms in total. The monoisotopic (exact) mass is 279 g/mol. The van der Waals surface area contributed by atoms with Gasteiger partial charge in [0.2, 0.25) is 5.91 Å². The fourth-order valence-corrected chi connectivity index (χ4v) is 3.19. The molecule has 2 N–H and O–H groups in total. The SMILES string of the molecule is C[C@@H](NC(=O)CSC1CCNCC1)c1cccnc1. The van der Waals surface area contributed by atoms with Crippen LogP contribution in [0, 0.1) is 0 Å². The summed E-state index contributed by atoms with van der Waals surface area (Å²) < 4.78 is 0. The minimum absolute atomic E-state index is 0.0230. The number of carbonyl (C=O) groups excluding carboxylic acids is 1. The van der Waals surface area contributed by atoms with Gasteiger partial charge in [-0.2, -0.15) is 0 Å². The van der Waals surface area contributed by atoms with Crippen molar-refractivity contribution in [3.8, 4) is 0 Å². The number of aromatic nitrogens is 1. The Morgan fingerprint density at radius 1 is 1.58 bits per heavy atom. The number of amides is 1. The van der Waals surface area contributed by atoms with Gasteiger partial charge >= 0.3 is 0 Å². The van der Waals surface area contributed by atoms with E-state index in [1.165, 1.54) is 0 Å². The molecule has 1 aromatic heterocycles. The molecule has 0 aromatic carbocycles. The Morgan fingerprint density at radius 2 is 2.37 bits per heavy atom. The van der Waals surface area contributed by atoms with Gasteiger partial charge in [0.15, 0.2) is 0 Å². The van der Waals surface area contributed by atoms with Crippen LogP contribution in [0.3, 0.4) is 0 Å². The van der Waals surface area contributed by atoms with Crippen molar-refractivity contribution >= 4 is 17.7 Å². The van der Waals surface area contributed by atoms with Gasteiger partial charge in [-0.15, -0.1) is 11.8 Å². The lowest BCUT2D eigenvalue weighted by molar-refractivity contribution is -0.119. The second-order valence-corrected chi connectivity index (χ2v) is 6.12. The van der Waals surface area contributed by atoms with Gasteiger partial charge in [0.1, 0.15) is 0 Å². The molecule has 0 saturated carbocycles. The third kappa shape index (κ3) is 4.84. The molecule has 1 atom stereocenters. The highest BCUT2D eigenvalue weighted by molar-refractivity contribution is 8.00. The lowest BCUT2D eigenvalue weighted by Crippen LogP contribution is -2.32. The Morgan fingerprint density at radius 3 is 3.05 bits per heavy atom. The Balaban J connectivity index is 1.71. The molecule has 0 aliphatic carbocycles. The van der Waals surface area contributed by atoms with E-state index in [-0.39, 0.29) is 11.9 Å². The van der Waals surface area contributed by atoms with Crippen LogP contribution in [0.5, 0.6) is 0 Å². The fraction of sp³-hybridized carbons (Fsp3) is 0.571. The van der Waals surface area contributed by atoms with E-state index in [4.69, 9.17) is 0 Å². The summed E-state index contributed by atoms with van der Waals surface area (Å²) in [6.07, 6.45) is 5.86. The molecule has 5 heteroatoms. The highest BCUT2D eigenvalue weighted by Crippen LogP contribution is 2.20. The predicted molar refractivity (Wildman–Crippen MR) is 79.1 cm³/mol. The van der Waals surface area contributed by atoms with Crippen LogP contribution in [-0.2, 0) is 4.79 Å². The topological polar surface area (TPSA) is 54.0 Å². The van der Waals surface area contributed by atoms with Gasteiger partial charge < -0.3 is 10.6 Å². The van der Waals surface area contributed by atoms with Crippen LogP contribution in [0.4, 0.5) is 0 Å². The summed E-state index contributed by atoms with van der Waals surface area (Å²) in [5, 5.41) is 6.98. The molecule has 104 valence electrons. The molecule has 2 heterocycles. The molecule has 1 saturated heterocycles. The summed E-state index contributed by atoms with van der Waals surface area (Å²) in [6.45, 7) is 4.14. The van der Waals surface area contributed by atoms with Gasteiger partial charge in [-0.25, -0.2) is 0 Å². The molecule has 2 rings (SSSR count). The van der Waals surface area contributed by atoms with E-state index in [1.807, 2.05) is 19.1 Å². The largest absolute Gasteiger partial charge is 0.349 e. The maximum absolute atomic E-state index is 11.9. The molecule has 0 radical (unpaired) electrons. The average molecular weight is 279 g/mol. The maximum Gasteiger partial charge on any atom is 0.230 e. The summed E-state index contributed by atoms with van der Waals surface area (Å²) in [5.41, 5.74) is 1.04. The number of nitrogens with one attached hydrogen (secondary N) is 2. The predicted octanol–water partition coefficient (Wildman–Crippen LogP) is 1.74. The Labute approximate surface area is 118 Å². The molecular formula is C14H21N3OS. The first-order chi connectivity index (χ1) is 9.25. The number of piperidine rings is 1. The lowest BCUT2D eigenvalue weighted by Gasteiger charge is -2.22. The molecule has 0 spiro atoms. The summed E-state index contributed by atoms with van der Waals surface area (Å²) in [5.74, 6) is 0.662. The van der Waals surface area contributed by atoms with Crippen molar-refractivity contribution in [3.63, 3.8) is 0 Å². The smallest absolute Gasteiger partial charge is 0.230 e. The molecule has 0 unspecified atom stereocenters. The van der Waals surface area contributed by atoms with Crippen molar-refractivity contribution in [3.05, 3.63) is 30.1 Å². The second-order valence-electron chi connectivity index (χ2n) is 4.84. The Kier molecular flexibility index (Phi) is 5.66. The minimum Gasteiger partial charge on any atom is -0.349 e. The first-order valence-corrected chi connectivity index (χ1v) is 7.82. The molecule has 1 aliphatic heterocycles. The third-order valence-electron chi connectivity index (χ3n) is 3.30. The standard InChI is InChI=1S/C14H21N3OS/c1-11(12-3-2-6-16-9-12)17-14(18)10-19-13-4-7-15-8-5-13/h2-3,6,9,11,13,15H,4-5,7-8,10H2,1H3,(H,17,18)/t11-/m1/s1. The zero-order valence-electron chi connectivity index (χ0n) is 11.3. The van der Waals surface area contributed by atoms with Crippen LogP contribution in [-0.4, -0.2) is 35.0 Å². The van der Waals surface area contributed by atoms with Crippen molar-refractivity contribution in [2.75, 3.05) is 18.8 Å². The van der Waals surface area contributed by atoms with Gasteiger partial charge in [-0.05, 0) is 44.5 Å². The van der Waals surface area contributed by atoms with Crippen molar-refractivity contribution in [1.82, 2.24) is 15.6 Å². The Bertz CT molecular complexity index is 393. The van der Waals surface area contributed by atoms with Crippen LogP contribution in [0.25, 0.3) is 0 Å². The first kappa shape index (κ1) is 14.3. The number of pyridine rings is 1. The molecule has 1 aromatic rings. The number of hydrogen-bond acceptors (Lipinski definition) is 4. The Hall–Kier alpha value is -1.07. The van der Waals surface area contributed by atoms with Crippen LogP contribution in [0.15, 0.2) is 24.5 Å². The van der Waals surface area contributed by atoms with Gasteiger partial charge in [0.05, 0.1) is 11.8 Å². The van der Waals surface area contributed by atoms with Crippen molar-refractivity contribution < 1.29 is 4.79 Å². The zero-order valence-corrected chi connectivity index (χ0v) is 12.1. The van der Waals surface area contributed by atoms with Crippen molar-refractivity contribution in [2.24, 2.45) is 0 Å². The van der Waals surface area contributed by atoms with Crippen LogP contribution in [0.2, 0.25) is 0 Å².